The molecule has 0 radical (unpaired) electrons. The molecule has 1 aromatic carbocycles. The third-order valence-electron chi connectivity index (χ3n) is 6.32. The summed E-state index contributed by atoms with van der Waals surface area (Å²) in [7, 11) is 0. The molecule has 1 aromatic heterocycles. The van der Waals surface area contributed by atoms with E-state index < -0.39 is 0 Å². The lowest BCUT2D eigenvalue weighted by atomic mass is 9.96. The predicted octanol–water partition coefficient (Wildman–Crippen LogP) is 4.51. The van der Waals surface area contributed by atoms with Crippen molar-refractivity contribution in [2.75, 3.05) is 18.0 Å². The van der Waals surface area contributed by atoms with Crippen LogP contribution >= 0.6 is 0 Å². The average molecular weight is 393 g/mol. The van der Waals surface area contributed by atoms with Gasteiger partial charge in [0.2, 0.25) is 5.91 Å². The molecule has 1 atom stereocenters. The number of aryl methyl sites for hydroxylation is 1. The van der Waals surface area contributed by atoms with Gasteiger partial charge in [-0.3, -0.25) is 4.79 Å². The van der Waals surface area contributed by atoms with Gasteiger partial charge in [-0.1, -0.05) is 55.5 Å². The maximum Gasteiger partial charge on any atom is 0.225 e. The first-order chi connectivity index (χ1) is 14.2. The quantitative estimate of drug-likeness (QED) is 0.778. The van der Waals surface area contributed by atoms with E-state index in [1.54, 1.807) is 0 Å². The minimum Gasteiger partial charge on any atom is -0.354 e. The average Bonchev–Trinajstić information content (AvgIpc) is 3.03. The molecule has 1 saturated carbocycles. The van der Waals surface area contributed by atoms with Gasteiger partial charge in [-0.15, -0.1) is 10.2 Å². The van der Waals surface area contributed by atoms with Gasteiger partial charge >= 0.3 is 0 Å². The van der Waals surface area contributed by atoms with Crippen molar-refractivity contribution >= 4 is 11.7 Å². The highest BCUT2D eigenvalue weighted by Gasteiger charge is 2.28. The van der Waals surface area contributed by atoms with E-state index in [-0.39, 0.29) is 11.8 Å². The largest absolute Gasteiger partial charge is 0.354 e. The molecule has 1 saturated heterocycles. The molecule has 5 heteroatoms. The summed E-state index contributed by atoms with van der Waals surface area (Å²) in [5.74, 6) is 1.14. The second-order valence-corrected chi connectivity index (χ2v) is 8.63. The Morgan fingerprint density at radius 2 is 1.69 bits per heavy atom. The summed E-state index contributed by atoms with van der Waals surface area (Å²) in [6.07, 6.45) is 9.34. The molecule has 2 aliphatic rings. The normalized spacial score (nSPS) is 20.9. The van der Waals surface area contributed by atoms with Gasteiger partial charge in [0, 0.05) is 24.7 Å². The van der Waals surface area contributed by atoms with Gasteiger partial charge in [0.15, 0.2) is 5.82 Å². The summed E-state index contributed by atoms with van der Waals surface area (Å²) in [6, 6.07) is 12.8. The van der Waals surface area contributed by atoms with Crippen LogP contribution in [0.15, 0.2) is 36.4 Å². The standard InChI is InChI=1S/C24H32N4O/c1-18-10-12-19(13-11-18)22-14-15-23(27-26-22)28-16-6-7-20(17-28)24(29)25-21-8-4-2-3-5-9-21/h10-15,20-21H,2-9,16-17H2,1H3,(H,25,29)/t20-/m0/s1. The molecule has 1 aliphatic carbocycles. The first kappa shape index (κ1) is 19.9. The first-order valence-corrected chi connectivity index (χ1v) is 11.1. The van der Waals surface area contributed by atoms with Crippen LogP contribution in [-0.2, 0) is 4.79 Å². The molecule has 2 heterocycles. The number of hydrogen-bond acceptors (Lipinski definition) is 4. The number of nitrogens with one attached hydrogen (secondary N) is 1. The smallest absolute Gasteiger partial charge is 0.225 e. The minimum absolute atomic E-state index is 0.0468. The van der Waals surface area contributed by atoms with Crippen LogP contribution in [0.25, 0.3) is 11.3 Å². The van der Waals surface area contributed by atoms with Crippen molar-refractivity contribution in [1.29, 1.82) is 0 Å². The summed E-state index contributed by atoms with van der Waals surface area (Å²) < 4.78 is 0. The third kappa shape index (κ3) is 5.14. The van der Waals surface area contributed by atoms with Crippen molar-refractivity contribution in [2.45, 2.75) is 64.3 Å². The van der Waals surface area contributed by atoms with Crippen LogP contribution in [0.1, 0.15) is 56.9 Å². The van der Waals surface area contributed by atoms with Crippen LogP contribution in [0.3, 0.4) is 0 Å². The molecule has 4 rings (SSSR count). The van der Waals surface area contributed by atoms with Crippen molar-refractivity contribution in [3.8, 4) is 11.3 Å². The van der Waals surface area contributed by atoms with E-state index in [4.69, 9.17) is 0 Å². The van der Waals surface area contributed by atoms with E-state index in [1.165, 1.54) is 31.2 Å². The number of amides is 1. The Morgan fingerprint density at radius 1 is 0.931 bits per heavy atom. The fourth-order valence-electron chi connectivity index (χ4n) is 4.51. The van der Waals surface area contributed by atoms with Gasteiger partial charge in [0.25, 0.3) is 0 Å². The van der Waals surface area contributed by atoms with Crippen molar-refractivity contribution in [3.63, 3.8) is 0 Å². The zero-order chi connectivity index (χ0) is 20.1. The Bertz CT molecular complexity index is 795. The monoisotopic (exact) mass is 392 g/mol. The number of benzene rings is 1. The number of piperidine rings is 1. The highest BCUT2D eigenvalue weighted by atomic mass is 16.2. The number of anilines is 1. The van der Waals surface area contributed by atoms with E-state index >= 15 is 0 Å². The number of aromatic nitrogens is 2. The number of rotatable bonds is 4. The molecule has 1 N–H and O–H groups in total. The number of nitrogens with zero attached hydrogens (tertiary/aromatic N) is 3. The fourth-order valence-corrected chi connectivity index (χ4v) is 4.51. The molecule has 29 heavy (non-hydrogen) atoms. The Morgan fingerprint density at radius 3 is 2.38 bits per heavy atom. The van der Waals surface area contributed by atoms with E-state index in [0.717, 1.165) is 55.8 Å². The molecular weight excluding hydrogens is 360 g/mol. The summed E-state index contributed by atoms with van der Waals surface area (Å²) in [5.41, 5.74) is 3.20. The SMILES string of the molecule is Cc1ccc(-c2ccc(N3CCC[C@H](C(=O)NC4CCCCCC4)C3)nn2)cc1. The summed E-state index contributed by atoms with van der Waals surface area (Å²) in [5, 5.41) is 12.2. The van der Waals surface area contributed by atoms with Crippen LogP contribution in [0.4, 0.5) is 5.82 Å². The van der Waals surface area contributed by atoms with E-state index in [0.29, 0.717) is 6.04 Å². The summed E-state index contributed by atoms with van der Waals surface area (Å²) in [6.45, 7) is 3.75. The van der Waals surface area contributed by atoms with Crippen LogP contribution in [0.2, 0.25) is 0 Å². The molecular formula is C24H32N4O. The van der Waals surface area contributed by atoms with Crippen LogP contribution in [-0.4, -0.2) is 35.2 Å². The van der Waals surface area contributed by atoms with E-state index in [2.05, 4.69) is 51.6 Å². The number of hydrogen-bond donors (Lipinski definition) is 1. The molecule has 1 aliphatic heterocycles. The van der Waals surface area contributed by atoms with Gasteiger partial charge in [0.1, 0.15) is 0 Å². The van der Waals surface area contributed by atoms with Gasteiger partial charge in [-0.25, -0.2) is 0 Å². The van der Waals surface area contributed by atoms with Crippen LogP contribution in [0, 0.1) is 12.8 Å². The van der Waals surface area contributed by atoms with Crippen molar-refractivity contribution in [1.82, 2.24) is 15.5 Å². The Balaban J connectivity index is 1.37. The lowest BCUT2D eigenvalue weighted by Gasteiger charge is -2.33. The fraction of sp³-hybridized carbons (Fsp3) is 0.542. The lowest BCUT2D eigenvalue weighted by molar-refractivity contribution is -0.126. The zero-order valence-electron chi connectivity index (χ0n) is 17.4. The Labute approximate surface area is 173 Å². The second-order valence-electron chi connectivity index (χ2n) is 8.63. The van der Waals surface area contributed by atoms with E-state index in [1.807, 2.05) is 12.1 Å². The van der Waals surface area contributed by atoms with Gasteiger partial charge < -0.3 is 10.2 Å². The van der Waals surface area contributed by atoms with Gasteiger partial charge in [-0.05, 0) is 44.7 Å². The Kier molecular flexibility index (Phi) is 6.43. The number of carbonyl (C=O) groups excluding carboxylic acids is 1. The molecule has 0 unspecified atom stereocenters. The predicted molar refractivity (Wildman–Crippen MR) is 117 cm³/mol. The second kappa shape index (κ2) is 9.38. The molecule has 2 aromatic rings. The first-order valence-electron chi connectivity index (χ1n) is 11.1. The van der Waals surface area contributed by atoms with Crippen molar-refractivity contribution in [3.05, 3.63) is 42.0 Å². The maximum atomic E-state index is 12.8. The van der Waals surface area contributed by atoms with Crippen LogP contribution in [0.5, 0.6) is 0 Å². The highest BCUT2D eigenvalue weighted by Crippen LogP contribution is 2.24. The molecule has 154 valence electrons. The van der Waals surface area contributed by atoms with E-state index in [9.17, 15) is 4.79 Å². The summed E-state index contributed by atoms with van der Waals surface area (Å²) in [4.78, 5) is 15.1. The lowest BCUT2D eigenvalue weighted by Crippen LogP contribution is -2.46. The molecule has 2 fully saturated rings. The van der Waals surface area contributed by atoms with Crippen molar-refractivity contribution in [2.24, 2.45) is 5.92 Å². The molecule has 0 bridgehead atoms. The highest BCUT2D eigenvalue weighted by molar-refractivity contribution is 5.79. The molecule has 0 spiro atoms. The minimum atomic E-state index is 0.0468. The molecule has 1 amide bonds. The Hall–Kier alpha value is -2.43. The van der Waals surface area contributed by atoms with Crippen molar-refractivity contribution < 1.29 is 4.79 Å². The maximum absolute atomic E-state index is 12.8. The third-order valence-corrected chi connectivity index (χ3v) is 6.32. The van der Waals surface area contributed by atoms with Gasteiger partial charge in [0.05, 0.1) is 11.6 Å². The summed E-state index contributed by atoms with van der Waals surface area (Å²) >= 11 is 0. The number of carbonyl (C=O) groups is 1. The van der Waals surface area contributed by atoms with Crippen LogP contribution < -0.4 is 10.2 Å². The van der Waals surface area contributed by atoms with Gasteiger partial charge in [-0.2, -0.15) is 0 Å². The topological polar surface area (TPSA) is 58.1 Å². The zero-order valence-corrected chi connectivity index (χ0v) is 17.4. The molecule has 5 nitrogen and oxygen atoms in total.